The Morgan fingerprint density at radius 1 is 1.06 bits per heavy atom. The number of benzene rings is 2. The van der Waals surface area contributed by atoms with E-state index in [1.807, 2.05) is 36.4 Å². The van der Waals surface area contributed by atoms with Crippen LogP contribution in [-0.4, -0.2) is 53.9 Å². The lowest BCUT2D eigenvalue weighted by atomic mass is 10.2. The van der Waals surface area contributed by atoms with Gasteiger partial charge in [0.15, 0.2) is 5.13 Å². The van der Waals surface area contributed by atoms with Crippen molar-refractivity contribution in [1.29, 1.82) is 0 Å². The first-order valence-electron chi connectivity index (χ1n) is 11.6. The third kappa shape index (κ3) is 5.39. The lowest BCUT2D eigenvalue weighted by molar-refractivity contribution is 0.431. The summed E-state index contributed by atoms with van der Waals surface area (Å²) in [5, 5.41) is 6.95. The van der Waals surface area contributed by atoms with E-state index in [0.29, 0.717) is 41.2 Å². The molecule has 9 nitrogen and oxygen atoms in total. The van der Waals surface area contributed by atoms with Crippen molar-refractivity contribution in [2.45, 2.75) is 18.2 Å². The number of hydrogen-bond donors (Lipinski definition) is 3. The molecule has 0 atom stereocenters. The molecule has 0 saturated carbocycles. The Balaban J connectivity index is 1.26. The van der Waals surface area contributed by atoms with Gasteiger partial charge in [0.2, 0.25) is 16.0 Å². The number of nitrogens with two attached hydrogens (primary N) is 1. The maximum Gasteiger partial charge on any atom is 0.243 e. The second kappa shape index (κ2) is 10.3. The minimum absolute atomic E-state index is 0.329. The molecule has 2 aromatic heterocycles. The number of nitrogens with one attached hydrogen (secondary N) is 2. The normalized spacial score (nSPS) is 15.4. The molecule has 1 aliphatic heterocycles. The van der Waals surface area contributed by atoms with Gasteiger partial charge in [-0.15, -0.1) is 0 Å². The molecule has 1 fully saturated rings. The molecule has 2 aromatic carbocycles. The molecule has 3 heterocycles. The van der Waals surface area contributed by atoms with E-state index in [1.165, 1.54) is 11.3 Å². The van der Waals surface area contributed by atoms with E-state index < -0.39 is 10.0 Å². The SMILES string of the molecule is Cc1cc(Nc2ncc(/C=C/c3ccc4nc(N)sc4c3)cn2)ccc1S(=O)(=O)N1CCCNCC1. The summed E-state index contributed by atoms with van der Waals surface area (Å²) in [5.41, 5.74) is 9.98. The van der Waals surface area contributed by atoms with Gasteiger partial charge in [0.05, 0.1) is 15.1 Å². The van der Waals surface area contributed by atoms with Gasteiger partial charge in [-0.2, -0.15) is 4.31 Å². The first-order valence-corrected chi connectivity index (χ1v) is 13.9. The number of fused-ring (bicyclic) bond motifs is 1. The van der Waals surface area contributed by atoms with Gasteiger partial charge in [0, 0.05) is 43.3 Å². The van der Waals surface area contributed by atoms with Crippen molar-refractivity contribution in [1.82, 2.24) is 24.6 Å². The number of rotatable bonds is 6. The Hall–Kier alpha value is -3.38. The van der Waals surface area contributed by atoms with Crippen molar-refractivity contribution in [2.24, 2.45) is 0 Å². The molecule has 4 aromatic rings. The van der Waals surface area contributed by atoms with Crippen molar-refractivity contribution in [3.8, 4) is 0 Å². The predicted octanol–water partition coefficient (Wildman–Crippen LogP) is 3.87. The summed E-state index contributed by atoms with van der Waals surface area (Å²) < 4.78 is 28.9. The zero-order chi connectivity index (χ0) is 25.1. The predicted molar refractivity (Wildman–Crippen MR) is 146 cm³/mol. The average Bonchev–Trinajstić information content (AvgIpc) is 3.04. The monoisotopic (exact) mass is 521 g/mol. The maximum atomic E-state index is 13.1. The van der Waals surface area contributed by atoms with Crippen LogP contribution in [0.4, 0.5) is 16.8 Å². The van der Waals surface area contributed by atoms with Crippen LogP contribution in [0.1, 0.15) is 23.1 Å². The standard InChI is InChI=1S/C25H27N7O2S2/c1-17-13-20(6-8-23(17)36(33,34)32-11-2-9-27-10-12-32)30-25-28-15-19(16-29-25)4-3-18-5-7-21-22(14-18)35-24(26)31-21/h3-8,13-16,27H,2,9-12H2,1H3,(H2,26,31)(H,28,29,30)/b4-3+. The van der Waals surface area contributed by atoms with E-state index in [2.05, 4.69) is 25.6 Å². The molecule has 0 radical (unpaired) electrons. The quantitative estimate of drug-likeness (QED) is 0.349. The molecule has 1 aliphatic rings. The number of sulfonamides is 1. The number of nitrogens with zero attached hydrogens (tertiary/aromatic N) is 4. The van der Waals surface area contributed by atoms with Crippen LogP contribution < -0.4 is 16.4 Å². The largest absolute Gasteiger partial charge is 0.375 e. The highest BCUT2D eigenvalue weighted by atomic mass is 32.2. The van der Waals surface area contributed by atoms with Crippen LogP contribution in [0.5, 0.6) is 0 Å². The fourth-order valence-electron chi connectivity index (χ4n) is 4.09. The second-order valence-corrected chi connectivity index (χ2v) is 11.5. The third-order valence-electron chi connectivity index (χ3n) is 5.92. The molecule has 36 heavy (non-hydrogen) atoms. The van der Waals surface area contributed by atoms with Crippen molar-refractivity contribution < 1.29 is 8.42 Å². The minimum atomic E-state index is -3.53. The number of aryl methyl sites for hydroxylation is 1. The van der Waals surface area contributed by atoms with Gasteiger partial charge >= 0.3 is 0 Å². The number of thiazole rings is 1. The van der Waals surface area contributed by atoms with Crippen LogP contribution in [0, 0.1) is 6.92 Å². The fraction of sp³-hybridized carbons (Fsp3) is 0.240. The van der Waals surface area contributed by atoms with Crippen LogP contribution in [0.25, 0.3) is 22.4 Å². The molecule has 0 bridgehead atoms. The molecule has 1 saturated heterocycles. The van der Waals surface area contributed by atoms with E-state index in [0.717, 1.165) is 40.0 Å². The molecular weight excluding hydrogens is 494 g/mol. The van der Waals surface area contributed by atoms with Gasteiger partial charge in [-0.3, -0.25) is 0 Å². The lowest BCUT2D eigenvalue weighted by Crippen LogP contribution is -2.34. The van der Waals surface area contributed by atoms with Crippen molar-refractivity contribution in [3.05, 3.63) is 65.5 Å². The Morgan fingerprint density at radius 3 is 2.67 bits per heavy atom. The highest BCUT2D eigenvalue weighted by Crippen LogP contribution is 2.26. The first kappa shape index (κ1) is 24.3. The van der Waals surface area contributed by atoms with E-state index in [9.17, 15) is 8.42 Å². The summed E-state index contributed by atoms with van der Waals surface area (Å²) >= 11 is 1.46. The molecule has 186 valence electrons. The van der Waals surface area contributed by atoms with Crippen LogP contribution in [-0.2, 0) is 10.0 Å². The zero-order valence-corrected chi connectivity index (χ0v) is 21.4. The van der Waals surface area contributed by atoms with Crippen molar-refractivity contribution in [2.75, 3.05) is 37.2 Å². The topological polar surface area (TPSA) is 126 Å². The van der Waals surface area contributed by atoms with Crippen LogP contribution in [0.15, 0.2) is 53.7 Å². The van der Waals surface area contributed by atoms with Crippen LogP contribution in [0.2, 0.25) is 0 Å². The summed E-state index contributed by atoms with van der Waals surface area (Å²) in [6.45, 7) is 4.31. The fourth-order valence-corrected chi connectivity index (χ4v) is 6.56. The first-order chi connectivity index (χ1) is 17.4. The summed E-state index contributed by atoms with van der Waals surface area (Å²) in [4.78, 5) is 13.4. The van der Waals surface area contributed by atoms with Crippen LogP contribution >= 0.6 is 11.3 Å². The Morgan fingerprint density at radius 2 is 1.86 bits per heavy atom. The van der Waals surface area contributed by atoms with Gasteiger partial charge in [-0.25, -0.2) is 23.4 Å². The maximum absolute atomic E-state index is 13.1. The highest BCUT2D eigenvalue weighted by Gasteiger charge is 2.26. The third-order valence-corrected chi connectivity index (χ3v) is 8.82. The number of anilines is 3. The van der Waals surface area contributed by atoms with Gasteiger partial charge in [0.25, 0.3) is 0 Å². The Bertz CT molecular complexity index is 1510. The van der Waals surface area contributed by atoms with E-state index in [4.69, 9.17) is 5.73 Å². The van der Waals surface area contributed by atoms with Gasteiger partial charge in [-0.1, -0.05) is 29.6 Å². The minimum Gasteiger partial charge on any atom is -0.375 e. The number of hydrogen-bond acceptors (Lipinski definition) is 9. The Kier molecular flexibility index (Phi) is 6.97. The van der Waals surface area contributed by atoms with Gasteiger partial charge < -0.3 is 16.4 Å². The summed E-state index contributed by atoms with van der Waals surface area (Å²) in [6.07, 6.45) is 8.20. The molecule has 4 N–H and O–H groups in total. The number of nitrogen functional groups attached to an aromatic ring is 1. The molecular formula is C25H27N7O2S2. The summed E-state index contributed by atoms with van der Waals surface area (Å²) in [6, 6.07) is 11.2. The Labute approximate surface area is 214 Å². The van der Waals surface area contributed by atoms with Gasteiger partial charge in [-0.05, 0) is 61.3 Å². The van der Waals surface area contributed by atoms with Crippen molar-refractivity contribution in [3.63, 3.8) is 0 Å². The molecule has 0 aliphatic carbocycles. The van der Waals surface area contributed by atoms with E-state index in [-0.39, 0.29) is 0 Å². The summed E-state index contributed by atoms with van der Waals surface area (Å²) in [7, 11) is -3.53. The molecule has 0 amide bonds. The smallest absolute Gasteiger partial charge is 0.243 e. The van der Waals surface area contributed by atoms with Crippen LogP contribution in [0.3, 0.4) is 0 Å². The second-order valence-electron chi connectivity index (χ2n) is 8.57. The molecule has 0 spiro atoms. The molecule has 5 rings (SSSR count). The van der Waals surface area contributed by atoms with Gasteiger partial charge in [0.1, 0.15) is 0 Å². The van der Waals surface area contributed by atoms with Crippen molar-refractivity contribution >= 4 is 60.5 Å². The summed E-state index contributed by atoms with van der Waals surface area (Å²) in [5.74, 6) is 0.433. The average molecular weight is 522 g/mol. The molecule has 11 heteroatoms. The van der Waals surface area contributed by atoms with E-state index >= 15 is 0 Å². The zero-order valence-electron chi connectivity index (χ0n) is 19.8. The highest BCUT2D eigenvalue weighted by molar-refractivity contribution is 7.89. The lowest BCUT2D eigenvalue weighted by Gasteiger charge is -2.21. The number of aromatic nitrogens is 3. The molecule has 0 unspecified atom stereocenters. The van der Waals surface area contributed by atoms with E-state index in [1.54, 1.807) is 35.8 Å².